The number of aromatic nitrogens is 5. The molecular formula is C40H52F2N8O7. The van der Waals surface area contributed by atoms with Crippen LogP contribution in [0.4, 0.5) is 34.7 Å². The summed E-state index contributed by atoms with van der Waals surface area (Å²) in [6.07, 6.45) is 1.67. The molecule has 1 saturated heterocycles. The van der Waals surface area contributed by atoms with Crippen LogP contribution in [0.3, 0.4) is 0 Å². The fourth-order valence-corrected chi connectivity index (χ4v) is 6.74. The Morgan fingerprint density at radius 2 is 1.63 bits per heavy atom. The van der Waals surface area contributed by atoms with E-state index in [1.54, 1.807) is 58.4 Å². The van der Waals surface area contributed by atoms with Crippen LogP contribution in [-0.2, 0) is 20.8 Å². The normalized spacial score (nSPS) is 17.3. The van der Waals surface area contributed by atoms with Crippen molar-refractivity contribution >= 4 is 40.9 Å². The van der Waals surface area contributed by atoms with Crippen molar-refractivity contribution in [2.75, 3.05) is 30.0 Å². The minimum atomic E-state index is -1.10. The molecular weight excluding hydrogens is 742 g/mol. The predicted molar refractivity (Wildman–Crippen MR) is 209 cm³/mol. The van der Waals surface area contributed by atoms with Gasteiger partial charge in [0.25, 0.3) is 0 Å². The predicted octanol–water partition coefficient (Wildman–Crippen LogP) is 7.24. The van der Waals surface area contributed by atoms with Gasteiger partial charge in [-0.3, -0.25) is 4.98 Å². The van der Waals surface area contributed by atoms with E-state index in [1.165, 1.54) is 25.8 Å². The number of amides is 3. The lowest BCUT2D eigenvalue weighted by Gasteiger charge is -2.48. The quantitative estimate of drug-likeness (QED) is 0.163. The third kappa shape index (κ3) is 9.75. The van der Waals surface area contributed by atoms with Gasteiger partial charge in [0.2, 0.25) is 0 Å². The zero-order valence-electron chi connectivity index (χ0n) is 34.1. The number of carbonyl (C=O) groups is 3. The number of anilines is 2. The molecule has 17 heteroatoms. The smallest absolute Gasteiger partial charge is 0.425 e. The molecule has 4 aromatic rings. The van der Waals surface area contributed by atoms with Gasteiger partial charge in [0.1, 0.15) is 17.5 Å². The molecule has 15 nitrogen and oxygen atoms in total. The Morgan fingerprint density at radius 1 is 0.965 bits per heavy atom. The molecule has 5 rings (SSSR count). The molecule has 1 aromatic carbocycles. The van der Waals surface area contributed by atoms with E-state index >= 15 is 0 Å². The van der Waals surface area contributed by atoms with E-state index in [4.69, 9.17) is 14.2 Å². The SMILES string of the molecule is COC(=O)NC1(C(O)C(C)C(C)C)CCCN(c2cnc(-c3ccc(F)c(F)c3)cc2Cn2cnc3c(N(C(=O)OC(C)(C)C)C(=O)OC(C)(C)C)ncnc32)C1. The maximum absolute atomic E-state index is 14.5. The lowest BCUT2D eigenvalue weighted by Crippen LogP contribution is -2.66. The van der Waals surface area contributed by atoms with Crippen LogP contribution in [0.25, 0.3) is 22.4 Å². The van der Waals surface area contributed by atoms with Crippen LogP contribution < -0.4 is 15.1 Å². The number of methoxy groups -OCH3 is 1. The Balaban J connectivity index is 1.63. The van der Waals surface area contributed by atoms with Crippen molar-refractivity contribution in [3.63, 3.8) is 0 Å². The minimum Gasteiger partial charge on any atom is -0.453 e. The van der Waals surface area contributed by atoms with E-state index in [0.717, 1.165) is 12.1 Å². The number of rotatable bonds is 9. The number of carbonyl (C=O) groups excluding carboxylic acids is 3. The molecule has 1 aliphatic heterocycles. The van der Waals surface area contributed by atoms with Crippen molar-refractivity contribution in [1.29, 1.82) is 0 Å². The Bertz CT molecular complexity index is 2090. The van der Waals surface area contributed by atoms with Crippen LogP contribution in [0.5, 0.6) is 0 Å². The van der Waals surface area contributed by atoms with Gasteiger partial charge in [-0.25, -0.2) is 38.1 Å². The number of halogens is 2. The molecule has 3 unspecified atom stereocenters. The number of hydrogen-bond donors (Lipinski definition) is 2. The minimum absolute atomic E-state index is 0.0826. The van der Waals surface area contributed by atoms with Gasteiger partial charge in [-0.15, -0.1) is 0 Å². The number of alkyl carbamates (subject to hydrolysis) is 1. The summed E-state index contributed by atoms with van der Waals surface area (Å²) in [4.78, 5) is 60.4. The average Bonchev–Trinajstić information content (AvgIpc) is 3.53. The third-order valence-electron chi connectivity index (χ3n) is 9.78. The van der Waals surface area contributed by atoms with E-state index < -0.39 is 52.8 Å². The summed E-state index contributed by atoms with van der Waals surface area (Å²) in [5.74, 6) is -2.29. The summed E-state index contributed by atoms with van der Waals surface area (Å²) in [5.41, 5.74) is -0.748. The number of aliphatic hydroxyl groups excluding tert-OH is 1. The van der Waals surface area contributed by atoms with Gasteiger partial charge in [-0.1, -0.05) is 20.8 Å². The first-order valence-electron chi connectivity index (χ1n) is 18.8. The largest absolute Gasteiger partial charge is 0.453 e. The van der Waals surface area contributed by atoms with Crippen molar-refractivity contribution in [1.82, 2.24) is 29.8 Å². The first-order valence-corrected chi connectivity index (χ1v) is 18.8. The molecule has 2 N–H and O–H groups in total. The van der Waals surface area contributed by atoms with Gasteiger partial charge in [-0.05, 0) is 96.0 Å². The number of ether oxygens (including phenoxy) is 3. The lowest BCUT2D eigenvalue weighted by atomic mass is 9.75. The van der Waals surface area contributed by atoms with Crippen molar-refractivity contribution in [3.8, 4) is 11.3 Å². The maximum atomic E-state index is 14.5. The standard InChI is InChI=1S/C40H52F2N8O7/c1-23(2)24(3)32(51)40(47-35(52)55-10)14-11-15-48(20-40)30-18-43-29(25-12-13-27(41)28(42)16-25)17-26(30)19-49-22-46-31-33(49)44-21-45-34(31)50(36(53)56-38(4,5)6)37(54)57-39(7,8)9/h12-13,16-18,21-24,32,51H,11,14-15,19-20H2,1-10H3,(H,47,52). The highest BCUT2D eigenvalue weighted by Crippen LogP contribution is 2.36. The summed E-state index contributed by atoms with van der Waals surface area (Å²) >= 11 is 0. The van der Waals surface area contributed by atoms with Gasteiger partial charge in [0, 0.05) is 18.7 Å². The second-order valence-corrected chi connectivity index (χ2v) is 16.7. The number of hydrogen-bond acceptors (Lipinski definition) is 12. The number of nitrogens with zero attached hydrogens (tertiary/aromatic N) is 7. The van der Waals surface area contributed by atoms with Crippen molar-refractivity contribution in [3.05, 3.63) is 60.3 Å². The van der Waals surface area contributed by atoms with Crippen LogP contribution >= 0.6 is 0 Å². The number of imide groups is 1. The second-order valence-electron chi connectivity index (χ2n) is 16.7. The monoisotopic (exact) mass is 794 g/mol. The number of pyridine rings is 1. The van der Waals surface area contributed by atoms with Crippen molar-refractivity contribution in [2.24, 2.45) is 11.8 Å². The Kier molecular flexibility index (Phi) is 12.4. The highest BCUT2D eigenvalue weighted by molar-refractivity contribution is 6.12. The lowest BCUT2D eigenvalue weighted by molar-refractivity contribution is -0.00458. The van der Waals surface area contributed by atoms with Gasteiger partial charge in [0.15, 0.2) is 28.6 Å². The fourth-order valence-electron chi connectivity index (χ4n) is 6.74. The molecule has 308 valence electrons. The first-order chi connectivity index (χ1) is 26.6. The number of fused-ring (bicyclic) bond motifs is 1. The van der Waals surface area contributed by atoms with E-state index in [-0.39, 0.29) is 41.9 Å². The molecule has 3 atom stereocenters. The number of aliphatic hydroxyl groups is 1. The Labute approximate surface area is 330 Å². The summed E-state index contributed by atoms with van der Waals surface area (Å²) in [7, 11) is 1.27. The number of piperidine rings is 1. The Hall–Kier alpha value is -5.45. The van der Waals surface area contributed by atoms with Crippen LogP contribution in [0.1, 0.15) is 80.7 Å². The molecule has 4 heterocycles. The zero-order valence-corrected chi connectivity index (χ0v) is 34.1. The van der Waals surface area contributed by atoms with E-state index in [1.807, 2.05) is 25.7 Å². The molecule has 3 amide bonds. The van der Waals surface area contributed by atoms with Crippen LogP contribution in [0.15, 0.2) is 43.1 Å². The van der Waals surface area contributed by atoms with Crippen molar-refractivity contribution in [2.45, 2.75) is 105 Å². The maximum Gasteiger partial charge on any atom is 0.425 e. The van der Waals surface area contributed by atoms with Gasteiger partial charge < -0.3 is 34.1 Å². The topological polar surface area (TPSA) is 174 Å². The Morgan fingerprint density at radius 3 is 2.23 bits per heavy atom. The van der Waals surface area contributed by atoms with Crippen molar-refractivity contribution < 1.29 is 42.5 Å². The number of imidazole rings is 1. The molecule has 0 aliphatic carbocycles. The first kappa shape index (κ1) is 42.7. The van der Waals surface area contributed by atoms with E-state index in [2.05, 4.69) is 25.3 Å². The van der Waals surface area contributed by atoms with E-state index in [9.17, 15) is 28.3 Å². The zero-order chi connectivity index (χ0) is 42.0. The molecule has 57 heavy (non-hydrogen) atoms. The van der Waals surface area contributed by atoms with Gasteiger partial charge in [-0.2, -0.15) is 4.90 Å². The van der Waals surface area contributed by atoms with Gasteiger partial charge >= 0.3 is 18.3 Å². The number of benzene rings is 1. The van der Waals surface area contributed by atoms with Crippen LogP contribution in [-0.4, -0.2) is 90.9 Å². The second kappa shape index (κ2) is 16.6. The average molecular weight is 795 g/mol. The molecule has 1 aliphatic rings. The fraction of sp³-hybridized carbons (Fsp3) is 0.525. The molecule has 0 spiro atoms. The highest BCUT2D eigenvalue weighted by Gasteiger charge is 2.46. The molecule has 0 saturated carbocycles. The van der Waals surface area contributed by atoms with Crippen LogP contribution in [0.2, 0.25) is 0 Å². The number of nitrogens with one attached hydrogen (secondary N) is 1. The van der Waals surface area contributed by atoms with Crippen LogP contribution in [0, 0.1) is 23.5 Å². The molecule has 3 aromatic heterocycles. The van der Waals surface area contributed by atoms with Gasteiger partial charge in [0.05, 0.1) is 49.2 Å². The third-order valence-corrected chi connectivity index (χ3v) is 9.78. The summed E-state index contributed by atoms with van der Waals surface area (Å²) in [6, 6.07) is 5.25. The highest BCUT2D eigenvalue weighted by atomic mass is 19.2. The molecule has 1 fully saturated rings. The summed E-state index contributed by atoms with van der Waals surface area (Å²) in [6.45, 7) is 16.7. The summed E-state index contributed by atoms with van der Waals surface area (Å²) in [5, 5.41) is 14.8. The molecule has 0 radical (unpaired) electrons. The molecule has 0 bridgehead atoms. The van der Waals surface area contributed by atoms with E-state index in [0.29, 0.717) is 46.8 Å². The summed E-state index contributed by atoms with van der Waals surface area (Å²) < 4.78 is 46.2.